The first-order chi connectivity index (χ1) is 8.81. The van der Waals surface area contributed by atoms with E-state index >= 15 is 0 Å². The number of rotatable bonds is 4. The van der Waals surface area contributed by atoms with Crippen molar-refractivity contribution in [2.75, 3.05) is 5.75 Å². The predicted octanol–water partition coefficient (Wildman–Crippen LogP) is 3.53. The zero-order valence-electron chi connectivity index (χ0n) is 10.1. The van der Waals surface area contributed by atoms with Crippen LogP contribution in [0.5, 0.6) is 0 Å². The van der Waals surface area contributed by atoms with E-state index in [1.54, 1.807) is 23.9 Å². The Morgan fingerprint density at radius 3 is 2.78 bits per heavy atom. The Morgan fingerprint density at radius 1 is 1.33 bits per heavy atom. The number of benzene rings is 1. The molecule has 1 heterocycles. The van der Waals surface area contributed by atoms with E-state index in [4.69, 9.17) is 0 Å². The summed E-state index contributed by atoms with van der Waals surface area (Å²) in [5, 5.41) is 9.27. The number of hydrogen-bond acceptors (Lipinski definition) is 3. The van der Waals surface area contributed by atoms with Gasteiger partial charge < -0.3 is 0 Å². The van der Waals surface area contributed by atoms with Crippen LogP contribution in [0.3, 0.4) is 0 Å². The van der Waals surface area contributed by atoms with E-state index in [-0.39, 0.29) is 5.82 Å². The molecule has 0 atom stereocenters. The summed E-state index contributed by atoms with van der Waals surface area (Å²) in [6.07, 6.45) is 2.27. The quantitative estimate of drug-likeness (QED) is 0.791. The molecule has 1 aliphatic carbocycles. The second kappa shape index (κ2) is 4.72. The summed E-state index contributed by atoms with van der Waals surface area (Å²) in [4.78, 5) is 0. The van der Waals surface area contributed by atoms with Gasteiger partial charge >= 0.3 is 0 Å². The van der Waals surface area contributed by atoms with Gasteiger partial charge in [-0.05, 0) is 30.7 Å². The normalized spacial score (nSPS) is 15.0. The Bertz CT molecular complexity index is 563. The van der Waals surface area contributed by atoms with Gasteiger partial charge in [-0.3, -0.25) is 4.57 Å². The Hall–Kier alpha value is -1.36. The predicted molar refractivity (Wildman–Crippen MR) is 70.1 cm³/mol. The summed E-state index contributed by atoms with van der Waals surface area (Å²) >= 11 is 1.66. The van der Waals surface area contributed by atoms with Crippen LogP contribution in [0.25, 0.3) is 11.4 Å². The van der Waals surface area contributed by atoms with Crippen molar-refractivity contribution < 1.29 is 4.39 Å². The Balaban J connectivity index is 2.09. The molecule has 3 nitrogen and oxygen atoms in total. The average molecular weight is 263 g/mol. The summed E-state index contributed by atoms with van der Waals surface area (Å²) < 4.78 is 15.9. The molecule has 0 aliphatic heterocycles. The second-order valence-electron chi connectivity index (χ2n) is 4.32. The van der Waals surface area contributed by atoms with Gasteiger partial charge in [-0.1, -0.05) is 30.8 Å². The van der Waals surface area contributed by atoms with Crippen LogP contribution in [0.2, 0.25) is 0 Å². The summed E-state index contributed by atoms with van der Waals surface area (Å²) in [5.41, 5.74) is 0.542. The van der Waals surface area contributed by atoms with Crippen LogP contribution in [0.1, 0.15) is 25.8 Å². The van der Waals surface area contributed by atoms with E-state index in [0.29, 0.717) is 17.4 Å². The van der Waals surface area contributed by atoms with Gasteiger partial charge in [0.1, 0.15) is 5.82 Å². The van der Waals surface area contributed by atoms with Gasteiger partial charge in [0.25, 0.3) is 0 Å². The molecule has 2 aromatic rings. The van der Waals surface area contributed by atoms with Crippen molar-refractivity contribution in [3.63, 3.8) is 0 Å². The van der Waals surface area contributed by atoms with E-state index in [2.05, 4.69) is 21.7 Å². The van der Waals surface area contributed by atoms with Crippen LogP contribution in [0.4, 0.5) is 4.39 Å². The fraction of sp³-hybridized carbons (Fsp3) is 0.385. The average Bonchev–Trinajstić information content (AvgIpc) is 3.13. The van der Waals surface area contributed by atoms with Crippen molar-refractivity contribution in [2.45, 2.75) is 31.0 Å². The van der Waals surface area contributed by atoms with Crippen molar-refractivity contribution in [1.82, 2.24) is 14.8 Å². The van der Waals surface area contributed by atoms with Crippen LogP contribution < -0.4 is 0 Å². The molecule has 0 spiro atoms. The van der Waals surface area contributed by atoms with Gasteiger partial charge in [0, 0.05) is 6.04 Å². The minimum atomic E-state index is -0.236. The van der Waals surface area contributed by atoms with E-state index in [1.165, 1.54) is 6.07 Å². The molecule has 0 radical (unpaired) electrons. The number of hydrogen-bond donors (Lipinski definition) is 0. The molecule has 1 saturated carbocycles. The third-order valence-corrected chi connectivity index (χ3v) is 3.79. The van der Waals surface area contributed by atoms with Crippen LogP contribution in [-0.4, -0.2) is 20.5 Å². The molecule has 1 fully saturated rings. The maximum absolute atomic E-state index is 13.8. The smallest absolute Gasteiger partial charge is 0.191 e. The highest BCUT2D eigenvalue weighted by Crippen LogP contribution is 2.41. The standard InChI is InChI=1S/C13H14FN3S/c1-2-18-13-16-15-12(17(13)9-7-8-9)10-5-3-4-6-11(10)14/h3-6,9H,2,7-8H2,1H3. The molecule has 94 valence electrons. The van der Waals surface area contributed by atoms with Crippen molar-refractivity contribution in [3.8, 4) is 11.4 Å². The highest BCUT2D eigenvalue weighted by molar-refractivity contribution is 7.99. The molecular formula is C13H14FN3S. The Kier molecular flexibility index (Phi) is 3.07. The van der Waals surface area contributed by atoms with Gasteiger partial charge in [-0.2, -0.15) is 0 Å². The molecule has 18 heavy (non-hydrogen) atoms. The third kappa shape index (κ3) is 2.03. The van der Waals surface area contributed by atoms with E-state index in [9.17, 15) is 4.39 Å². The molecule has 0 amide bonds. The zero-order chi connectivity index (χ0) is 12.5. The molecule has 0 N–H and O–H groups in total. The summed E-state index contributed by atoms with van der Waals surface area (Å²) in [7, 11) is 0. The third-order valence-electron chi connectivity index (χ3n) is 2.96. The van der Waals surface area contributed by atoms with Gasteiger partial charge in [0.05, 0.1) is 5.56 Å². The lowest BCUT2D eigenvalue weighted by Gasteiger charge is -2.08. The molecule has 3 rings (SSSR count). The maximum Gasteiger partial charge on any atom is 0.191 e. The van der Waals surface area contributed by atoms with Crippen LogP contribution in [-0.2, 0) is 0 Å². The second-order valence-corrected chi connectivity index (χ2v) is 5.55. The summed E-state index contributed by atoms with van der Waals surface area (Å²) in [5.74, 6) is 1.37. The number of aromatic nitrogens is 3. The first-order valence-corrected chi connectivity index (χ1v) is 7.12. The topological polar surface area (TPSA) is 30.7 Å². The lowest BCUT2D eigenvalue weighted by Crippen LogP contribution is -2.00. The fourth-order valence-corrected chi connectivity index (χ4v) is 2.72. The van der Waals surface area contributed by atoms with E-state index in [1.807, 2.05) is 6.07 Å². The minimum Gasteiger partial charge on any atom is -0.299 e. The molecule has 1 aromatic carbocycles. The van der Waals surface area contributed by atoms with Crippen molar-refractivity contribution >= 4 is 11.8 Å². The Labute approximate surface area is 109 Å². The molecule has 0 bridgehead atoms. The number of thioether (sulfide) groups is 1. The van der Waals surface area contributed by atoms with Gasteiger partial charge in [-0.15, -0.1) is 10.2 Å². The van der Waals surface area contributed by atoms with Gasteiger partial charge in [-0.25, -0.2) is 4.39 Å². The van der Waals surface area contributed by atoms with E-state index in [0.717, 1.165) is 23.8 Å². The number of halogens is 1. The van der Waals surface area contributed by atoms with Crippen molar-refractivity contribution in [3.05, 3.63) is 30.1 Å². The van der Waals surface area contributed by atoms with Crippen LogP contribution in [0, 0.1) is 5.82 Å². The van der Waals surface area contributed by atoms with Gasteiger partial charge in [0.15, 0.2) is 11.0 Å². The first-order valence-electron chi connectivity index (χ1n) is 6.14. The first kappa shape index (κ1) is 11.7. The maximum atomic E-state index is 13.8. The molecule has 0 saturated heterocycles. The lowest BCUT2D eigenvalue weighted by atomic mass is 10.2. The van der Waals surface area contributed by atoms with Crippen molar-refractivity contribution in [2.24, 2.45) is 0 Å². The molecule has 1 aromatic heterocycles. The molecular weight excluding hydrogens is 249 g/mol. The number of nitrogens with zero attached hydrogens (tertiary/aromatic N) is 3. The largest absolute Gasteiger partial charge is 0.299 e. The highest BCUT2D eigenvalue weighted by Gasteiger charge is 2.30. The van der Waals surface area contributed by atoms with E-state index < -0.39 is 0 Å². The molecule has 5 heteroatoms. The lowest BCUT2D eigenvalue weighted by molar-refractivity contribution is 0.622. The van der Waals surface area contributed by atoms with Gasteiger partial charge in [0.2, 0.25) is 0 Å². The summed E-state index contributed by atoms with van der Waals surface area (Å²) in [6, 6.07) is 7.20. The monoisotopic (exact) mass is 263 g/mol. The minimum absolute atomic E-state index is 0.236. The van der Waals surface area contributed by atoms with Crippen LogP contribution in [0.15, 0.2) is 29.4 Å². The zero-order valence-corrected chi connectivity index (χ0v) is 11.0. The Morgan fingerprint density at radius 2 is 2.11 bits per heavy atom. The fourth-order valence-electron chi connectivity index (χ4n) is 1.99. The van der Waals surface area contributed by atoms with Crippen molar-refractivity contribution in [1.29, 1.82) is 0 Å². The SMILES string of the molecule is CCSc1nnc(-c2ccccc2F)n1C1CC1. The molecule has 0 unspecified atom stereocenters. The van der Waals surface area contributed by atoms with Crippen LogP contribution >= 0.6 is 11.8 Å². The summed E-state index contributed by atoms with van der Waals surface area (Å²) in [6.45, 7) is 2.08. The highest BCUT2D eigenvalue weighted by atomic mass is 32.2. The molecule has 1 aliphatic rings.